The molecule has 0 aromatic rings. The summed E-state index contributed by atoms with van der Waals surface area (Å²) in [6, 6.07) is 0. The second-order valence-electron chi connectivity index (χ2n) is 4.22. The van der Waals surface area contributed by atoms with Gasteiger partial charge >= 0.3 is 0 Å². The van der Waals surface area contributed by atoms with Crippen LogP contribution in [0, 0.1) is 11.8 Å². The molecule has 0 heterocycles. The summed E-state index contributed by atoms with van der Waals surface area (Å²) in [4.78, 5) is 0. The van der Waals surface area contributed by atoms with Gasteiger partial charge in [-0.05, 0) is 49.8 Å². The lowest BCUT2D eigenvalue weighted by atomic mass is 9.93. The lowest BCUT2D eigenvalue weighted by Crippen LogP contribution is -2.12. The Kier molecular flexibility index (Phi) is 3.22. The van der Waals surface area contributed by atoms with Gasteiger partial charge in [-0.25, -0.2) is 0 Å². The van der Waals surface area contributed by atoms with Crippen LogP contribution in [-0.4, -0.2) is 12.3 Å². The van der Waals surface area contributed by atoms with Crippen LogP contribution in [0.5, 0.6) is 0 Å². The fourth-order valence-electron chi connectivity index (χ4n) is 2.52. The summed E-state index contributed by atoms with van der Waals surface area (Å²) in [5, 5.41) is 0. The van der Waals surface area contributed by atoms with Crippen LogP contribution in [0.2, 0.25) is 0 Å². The van der Waals surface area contributed by atoms with E-state index in [-0.39, 0.29) is 0 Å². The fourth-order valence-corrected chi connectivity index (χ4v) is 3.57. The zero-order valence-corrected chi connectivity index (χ0v) is 9.37. The largest absolute Gasteiger partial charge is 0.121 e. The number of rotatable bonds is 3. The summed E-state index contributed by atoms with van der Waals surface area (Å²) in [5.41, 5.74) is 0.981. The highest BCUT2D eigenvalue weighted by molar-refractivity contribution is 7.38. The average molecular weight is 194 g/mol. The first-order valence-electron chi connectivity index (χ1n) is 5.40. The van der Waals surface area contributed by atoms with E-state index >= 15 is 0 Å². The summed E-state index contributed by atoms with van der Waals surface area (Å²) in [5.74, 6) is 1.79. The van der Waals surface area contributed by atoms with Gasteiger partial charge in [0.2, 0.25) is 0 Å². The molecule has 0 fully saturated rings. The molecule has 13 heavy (non-hydrogen) atoms. The Hall–Kier alpha value is -0.0900. The summed E-state index contributed by atoms with van der Waals surface area (Å²) >= 11 is 0. The van der Waals surface area contributed by atoms with Crippen LogP contribution >= 0.6 is 8.58 Å². The smallest absolute Gasteiger partial charge is 0.0141 e. The standard InChI is InChI=1S/C12H19P/c1-13-12-8-4-7-11(12)9-10-5-2-3-6-10/h2,4-5,7,10-13H,3,6,8-9H2,1H3/t10-,11-,12?/m0/s1. The van der Waals surface area contributed by atoms with Crippen LogP contribution < -0.4 is 0 Å². The van der Waals surface area contributed by atoms with E-state index in [1.807, 2.05) is 0 Å². The molecule has 0 amide bonds. The van der Waals surface area contributed by atoms with Gasteiger partial charge in [-0.2, -0.15) is 0 Å². The molecule has 2 aliphatic rings. The fraction of sp³-hybridized carbons (Fsp3) is 0.667. The van der Waals surface area contributed by atoms with Crippen molar-refractivity contribution in [1.82, 2.24) is 0 Å². The Labute approximate surface area is 83.3 Å². The Morgan fingerprint density at radius 1 is 1.31 bits per heavy atom. The van der Waals surface area contributed by atoms with Crippen LogP contribution in [-0.2, 0) is 0 Å². The highest BCUT2D eigenvalue weighted by atomic mass is 31.1. The summed E-state index contributed by atoms with van der Waals surface area (Å²) < 4.78 is 0. The summed E-state index contributed by atoms with van der Waals surface area (Å²) in [7, 11) is 1.13. The second-order valence-corrected chi connectivity index (χ2v) is 5.54. The van der Waals surface area contributed by atoms with Gasteiger partial charge in [-0.1, -0.05) is 24.3 Å². The quantitative estimate of drug-likeness (QED) is 0.475. The highest BCUT2D eigenvalue weighted by Gasteiger charge is 2.24. The van der Waals surface area contributed by atoms with Crippen LogP contribution in [0.25, 0.3) is 0 Å². The molecule has 0 nitrogen and oxygen atoms in total. The molecular formula is C12H19P. The van der Waals surface area contributed by atoms with E-state index in [2.05, 4.69) is 31.0 Å². The molecule has 0 saturated carbocycles. The molecule has 0 aromatic heterocycles. The van der Waals surface area contributed by atoms with Gasteiger partial charge in [-0.15, -0.1) is 8.58 Å². The monoisotopic (exact) mass is 194 g/mol. The minimum Gasteiger partial charge on any atom is -0.121 e. The third-order valence-corrected chi connectivity index (χ3v) is 4.75. The van der Waals surface area contributed by atoms with Gasteiger partial charge in [0, 0.05) is 0 Å². The van der Waals surface area contributed by atoms with Gasteiger partial charge in [0.05, 0.1) is 0 Å². The molecule has 2 aliphatic carbocycles. The van der Waals surface area contributed by atoms with E-state index < -0.39 is 0 Å². The molecule has 0 spiro atoms. The van der Waals surface area contributed by atoms with Crippen molar-refractivity contribution in [1.29, 1.82) is 0 Å². The van der Waals surface area contributed by atoms with Gasteiger partial charge in [0.25, 0.3) is 0 Å². The average Bonchev–Trinajstić information content (AvgIpc) is 2.76. The lowest BCUT2D eigenvalue weighted by Gasteiger charge is -2.20. The van der Waals surface area contributed by atoms with E-state index in [0.29, 0.717) is 0 Å². The molecule has 0 aromatic carbocycles. The lowest BCUT2D eigenvalue weighted by molar-refractivity contribution is 0.476. The van der Waals surface area contributed by atoms with Gasteiger partial charge in [0.1, 0.15) is 0 Å². The molecular weight excluding hydrogens is 175 g/mol. The normalized spacial score (nSPS) is 38.4. The predicted molar refractivity (Wildman–Crippen MR) is 61.8 cm³/mol. The van der Waals surface area contributed by atoms with Crippen molar-refractivity contribution in [3.8, 4) is 0 Å². The van der Waals surface area contributed by atoms with Crippen LogP contribution in [0.4, 0.5) is 0 Å². The third-order valence-electron chi connectivity index (χ3n) is 3.35. The first-order valence-corrected chi connectivity index (χ1v) is 6.98. The Balaban J connectivity index is 1.86. The van der Waals surface area contributed by atoms with Gasteiger partial charge < -0.3 is 0 Å². The minimum absolute atomic E-state index is 0.895. The van der Waals surface area contributed by atoms with Crippen molar-refractivity contribution in [3.05, 3.63) is 24.3 Å². The zero-order valence-electron chi connectivity index (χ0n) is 8.37. The molecule has 0 N–H and O–H groups in total. The Morgan fingerprint density at radius 2 is 2.23 bits per heavy atom. The molecule has 0 bridgehead atoms. The highest BCUT2D eigenvalue weighted by Crippen LogP contribution is 2.37. The molecule has 72 valence electrons. The SMILES string of the molecule is CPC1CC=C[C@H]1C[C@H]1C=CCC1. The first-order chi connectivity index (χ1) is 6.40. The molecule has 0 saturated heterocycles. The first kappa shape index (κ1) is 9.46. The second kappa shape index (κ2) is 4.42. The maximum Gasteiger partial charge on any atom is -0.0141 e. The van der Waals surface area contributed by atoms with Crippen molar-refractivity contribution >= 4 is 8.58 Å². The van der Waals surface area contributed by atoms with Crippen molar-refractivity contribution in [2.45, 2.75) is 31.3 Å². The molecule has 0 aliphatic heterocycles. The topological polar surface area (TPSA) is 0 Å². The Morgan fingerprint density at radius 3 is 2.92 bits per heavy atom. The van der Waals surface area contributed by atoms with Crippen LogP contribution in [0.3, 0.4) is 0 Å². The van der Waals surface area contributed by atoms with Crippen molar-refractivity contribution in [3.63, 3.8) is 0 Å². The van der Waals surface area contributed by atoms with Gasteiger partial charge in [-0.3, -0.25) is 0 Å². The van der Waals surface area contributed by atoms with Gasteiger partial charge in [0.15, 0.2) is 0 Å². The van der Waals surface area contributed by atoms with Crippen molar-refractivity contribution in [2.75, 3.05) is 6.66 Å². The Bertz CT molecular complexity index is 217. The van der Waals surface area contributed by atoms with Crippen LogP contribution in [0.1, 0.15) is 25.7 Å². The number of allylic oxidation sites excluding steroid dienone is 4. The van der Waals surface area contributed by atoms with E-state index in [1.165, 1.54) is 25.7 Å². The zero-order chi connectivity index (χ0) is 9.10. The van der Waals surface area contributed by atoms with E-state index in [1.54, 1.807) is 0 Å². The molecule has 1 heteroatoms. The van der Waals surface area contributed by atoms with E-state index in [0.717, 1.165) is 26.1 Å². The third kappa shape index (κ3) is 2.23. The van der Waals surface area contributed by atoms with Crippen molar-refractivity contribution in [2.24, 2.45) is 11.8 Å². The summed E-state index contributed by atoms with van der Waals surface area (Å²) in [6.07, 6.45) is 15.1. The molecule has 2 unspecified atom stereocenters. The van der Waals surface area contributed by atoms with Crippen LogP contribution in [0.15, 0.2) is 24.3 Å². The molecule has 0 radical (unpaired) electrons. The van der Waals surface area contributed by atoms with E-state index in [9.17, 15) is 0 Å². The molecule has 2 rings (SSSR count). The number of hydrogen-bond acceptors (Lipinski definition) is 0. The van der Waals surface area contributed by atoms with Crippen molar-refractivity contribution < 1.29 is 0 Å². The maximum absolute atomic E-state index is 2.47. The predicted octanol–water partition coefficient (Wildman–Crippen LogP) is 3.60. The number of hydrogen-bond donors (Lipinski definition) is 0. The maximum atomic E-state index is 2.47. The molecule has 4 atom stereocenters. The minimum atomic E-state index is 0.895. The van der Waals surface area contributed by atoms with E-state index in [4.69, 9.17) is 0 Å². The summed E-state index contributed by atoms with van der Waals surface area (Å²) in [6.45, 7) is 2.36.